The Morgan fingerprint density at radius 3 is 3.00 bits per heavy atom. The molecule has 1 aromatic carbocycles. The highest BCUT2D eigenvalue weighted by atomic mass is 16.1. The van der Waals surface area contributed by atoms with E-state index < -0.39 is 0 Å². The van der Waals surface area contributed by atoms with Crippen LogP contribution in [0.3, 0.4) is 0 Å². The summed E-state index contributed by atoms with van der Waals surface area (Å²) in [4.78, 5) is 22.5. The fourth-order valence-electron chi connectivity index (χ4n) is 2.58. The largest absolute Gasteiger partial charge is 0.361 e. The Morgan fingerprint density at radius 1 is 1.35 bits per heavy atom. The number of aryl methyl sites for hydroxylation is 1. The zero-order valence-electron chi connectivity index (χ0n) is 14.5. The molecule has 0 unspecified atom stereocenters. The smallest absolute Gasteiger partial charge is 0.228 e. The molecule has 26 heavy (non-hydrogen) atoms. The van der Waals surface area contributed by atoms with Crippen molar-refractivity contribution in [1.82, 2.24) is 20.2 Å². The summed E-state index contributed by atoms with van der Waals surface area (Å²) >= 11 is 0. The minimum absolute atomic E-state index is 0.136. The normalized spacial score (nSPS) is 12.0. The van der Waals surface area contributed by atoms with Crippen LogP contribution in [-0.2, 0) is 11.2 Å². The zero-order chi connectivity index (χ0) is 18.4. The van der Waals surface area contributed by atoms with E-state index in [1.807, 2.05) is 37.4 Å². The lowest BCUT2D eigenvalue weighted by Crippen LogP contribution is -2.13. The molecular weight excluding hydrogens is 328 g/mol. The summed E-state index contributed by atoms with van der Waals surface area (Å²) in [6.45, 7) is 5.57. The number of rotatable bonds is 7. The fourth-order valence-corrected chi connectivity index (χ4v) is 2.58. The van der Waals surface area contributed by atoms with Gasteiger partial charge in [0.05, 0.1) is 0 Å². The van der Waals surface area contributed by atoms with E-state index in [-0.39, 0.29) is 5.91 Å². The molecule has 0 fully saturated rings. The Kier molecular flexibility index (Phi) is 5.38. The Bertz CT molecular complexity index is 979. The van der Waals surface area contributed by atoms with E-state index >= 15 is 0 Å². The van der Waals surface area contributed by atoms with Crippen molar-refractivity contribution in [2.45, 2.75) is 19.8 Å². The highest BCUT2D eigenvalue weighted by Gasteiger charge is 2.11. The van der Waals surface area contributed by atoms with Crippen LogP contribution in [0.5, 0.6) is 0 Å². The number of nitrogens with zero attached hydrogens (tertiary/aromatic N) is 3. The molecule has 3 N–H and O–H groups in total. The van der Waals surface area contributed by atoms with Gasteiger partial charge in [-0.1, -0.05) is 30.9 Å². The molecule has 132 valence electrons. The van der Waals surface area contributed by atoms with E-state index in [0.29, 0.717) is 30.3 Å². The molecule has 2 aromatic heterocycles. The molecule has 7 nitrogen and oxygen atoms in total. The van der Waals surface area contributed by atoms with Gasteiger partial charge in [0.1, 0.15) is 5.71 Å². The van der Waals surface area contributed by atoms with Crippen molar-refractivity contribution < 1.29 is 4.79 Å². The van der Waals surface area contributed by atoms with E-state index in [1.54, 1.807) is 18.4 Å². The van der Waals surface area contributed by atoms with Gasteiger partial charge in [0.2, 0.25) is 11.9 Å². The van der Waals surface area contributed by atoms with Gasteiger partial charge in [-0.25, -0.2) is 0 Å². The second-order valence-corrected chi connectivity index (χ2v) is 5.63. The van der Waals surface area contributed by atoms with Crippen molar-refractivity contribution in [3.8, 4) is 0 Å². The van der Waals surface area contributed by atoms with Crippen molar-refractivity contribution in [3.05, 3.63) is 66.8 Å². The topological polar surface area (TPSA) is 98.8 Å². The van der Waals surface area contributed by atoms with Crippen LogP contribution in [-0.4, -0.2) is 31.8 Å². The number of carbonyl (C=O) groups is 1. The van der Waals surface area contributed by atoms with Gasteiger partial charge in [-0.3, -0.25) is 15.1 Å². The molecule has 3 rings (SSSR count). The van der Waals surface area contributed by atoms with E-state index in [1.165, 1.54) is 0 Å². The zero-order valence-corrected chi connectivity index (χ0v) is 14.5. The molecule has 0 atom stereocenters. The summed E-state index contributed by atoms with van der Waals surface area (Å²) in [5, 5.41) is 11.8. The Labute approximate surface area is 151 Å². The predicted molar refractivity (Wildman–Crippen MR) is 103 cm³/mol. The monoisotopic (exact) mass is 348 g/mol. The van der Waals surface area contributed by atoms with Crippen LogP contribution in [0.15, 0.2) is 60.4 Å². The first-order valence-electron chi connectivity index (χ1n) is 8.30. The van der Waals surface area contributed by atoms with Gasteiger partial charge in [-0.2, -0.15) is 0 Å². The molecule has 0 aliphatic rings. The summed E-state index contributed by atoms with van der Waals surface area (Å²) in [5.74, 6) is 0.604. The molecule has 0 radical (unpaired) electrons. The average Bonchev–Trinajstić information content (AvgIpc) is 3.28. The van der Waals surface area contributed by atoms with Gasteiger partial charge in [-0.15, -0.1) is 10.2 Å². The summed E-state index contributed by atoms with van der Waals surface area (Å²) in [6, 6.07) is 8.03. The van der Waals surface area contributed by atoms with Crippen LogP contribution in [0.2, 0.25) is 0 Å². The summed E-state index contributed by atoms with van der Waals surface area (Å²) < 4.78 is 0. The van der Waals surface area contributed by atoms with Crippen LogP contribution < -0.4 is 5.32 Å². The number of carbonyl (C=O) groups excluding carboxylic acids is 1. The third-order valence-electron chi connectivity index (χ3n) is 3.84. The number of amides is 1. The molecule has 0 saturated heterocycles. The van der Waals surface area contributed by atoms with Gasteiger partial charge in [0, 0.05) is 29.7 Å². The molecule has 0 saturated carbocycles. The first kappa shape index (κ1) is 17.3. The minimum Gasteiger partial charge on any atom is -0.361 e. The second-order valence-electron chi connectivity index (χ2n) is 5.63. The van der Waals surface area contributed by atoms with Crippen LogP contribution >= 0.6 is 0 Å². The quantitative estimate of drug-likeness (QED) is 0.571. The number of para-hydroxylation sites is 1. The Hall–Kier alpha value is -3.48. The fraction of sp³-hybridized carbons (Fsp3) is 0.158. The van der Waals surface area contributed by atoms with Gasteiger partial charge in [0.25, 0.3) is 0 Å². The number of fused-ring (bicyclic) bond motifs is 1. The first-order chi connectivity index (χ1) is 12.7. The van der Waals surface area contributed by atoms with E-state index in [9.17, 15) is 4.79 Å². The molecule has 2 heterocycles. The standard InChI is InChI=1S/C19H20N6O/c1-3-11-20-15(4-2)18-23-19(25-24-18)22-17(26)10-9-13-12-21-16-8-6-5-7-14(13)16/h3-8,11-12,21H,2,9-10H2,1H3,(H2,22,23,24,25,26)/b11-3-,20-15+. The number of hydrogen-bond acceptors (Lipinski definition) is 4. The van der Waals surface area contributed by atoms with Crippen molar-refractivity contribution in [2.24, 2.45) is 4.99 Å². The summed E-state index contributed by atoms with van der Waals surface area (Å²) in [7, 11) is 0. The lowest BCUT2D eigenvalue weighted by molar-refractivity contribution is -0.116. The van der Waals surface area contributed by atoms with Crippen molar-refractivity contribution in [2.75, 3.05) is 5.32 Å². The lowest BCUT2D eigenvalue weighted by Gasteiger charge is -2.01. The SMILES string of the molecule is C=C/C(=N\C=C/C)c1nnc(NC(=O)CCc2c[nH]c3ccccc23)[nH]1. The Balaban J connectivity index is 1.61. The molecule has 0 spiro atoms. The van der Waals surface area contributed by atoms with Crippen molar-refractivity contribution >= 4 is 28.5 Å². The maximum Gasteiger partial charge on any atom is 0.228 e. The molecular formula is C19H20N6O. The third kappa shape index (κ3) is 3.94. The van der Waals surface area contributed by atoms with Gasteiger partial charge in [0.15, 0.2) is 5.82 Å². The number of nitrogens with one attached hydrogen (secondary N) is 3. The van der Waals surface area contributed by atoms with E-state index in [4.69, 9.17) is 0 Å². The molecule has 0 bridgehead atoms. The van der Waals surface area contributed by atoms with Gasteiger partial charge >= 0.3 is 0 Å². The number of aromatic amines is 2. The van der Waals surface area contributed by atoms with Crippen LogP contribution in [0, 0.1) is 0 Å². The number of allylic oxidation sites excluding steroid dienone is 2. The molecule has 0 aliphatic heterocycles. The highest BCUT2D eigenvalue weighted by Crippen LogP contribution is 2.19. The number of aromatic nitrogens is 4. The number of benzene rings is 1. The number of aliphatic imine (C=N–C) groups is 1. The van der Waals surface area contributed by atoms with Crippen LogP contribution in [0.1, 0.15) is 24.7 Å². The van der Waals surface area contributed by atoms with Crippen LogP contribution in [0.4, 0.5) is 5.95 Å². The average molecular weight is 348 g/mol. The lowest BCUT2D eigenvalue weighted by atomic mass is 10.1. The number of hydrogen-bond donors (Lipinski definition) is 3. The predicted octanol–water partition coefficient (Wildman–Crippen LogP) is 3.37. The van der Waals surface area contributed by atoms with E-state index in [2.05, 4.69) is 37.1 Å². The molecule has 7 heteroatoms. The van der Waals surface area contributed by atoms with Gasteiger partial charge < -0.3 is 9.97 Å². The molecule has 3 aromatic rings. The first-order valence-corrected chi connectivity index (χ1v) is 8.30. The summed E-state index contributed by atoms with van der Waals surface area (Å²) in [5.41, 5.74) is 2.73. The Morgan fingerprint density at radius 2 is 2.19 bits per heavy atom. The van der Waals surface area contributed by atoms with Crippen molar-refractivity contribution in [3.63, 3.8) is 0 Å². The highest BCUT2D eigenvalue weighted by molar-refractivity contribution is 6.06. The molecule has 1 amide bonds. The maximum atomic E-state index is 12.2. The minimum atomic E-state index is -0.136. The number of anilines is 1. The second kappa shape index (κ2) is 8.06. The van der Waals surface area contributed by atoms with Crippen LogP contribution in [0.25, 0.3) is 10.9 Å². The summed E-state index contributed by atoms with van der Waals surface area (Å²) in [6.07, 6.45) is 7.93. The van der Waals surface area contributed by atoms with Gasteiger partial charge in [-0.05, 0) is 31.1 Å². The third-order valence-corrected chi connectivity index (χ3v) is 3.84. The molecule has 0 aliphatic carbocycles. The van der Waals surface area contributed by atoms with Crippen molar-refractivity contribution in [1.29, 1.82) is 0 Å². The van der Waals surface area contributed by atoms with E-state index in [0.717, 1.165) is 16.5 Å². The maximum absolute atomic E-state index is 12.2. The number of H-pyrrole nitrogens is 2.